The first-order chi connectivity index (χ1) is 26.4. The number of hydrogen-bond donors (Lipinski definition) is 0. The van der Waals surface area contributed by atoms with Gasteiger partial charge in [0.2, 0.25) is 0 Å². The topological polar surface area (TPSA) is 78.9 Å². The zero-order valence-electron chi connectivity index (χ0n) is 36.7. The van der Waals surface area contributed by atoms with E-state index in [9.17, 15) is 14.4 Å². The highest BCUT2D eigenvalue weighted by atomic mass is 16.6. The molecule has 0 N–H and O–H groups in total. The molecule has 0 radical (unpaired) electrons. The van der Waals surface area contributed by atoms with E-state index in [1.54, 1.807) is 0 Å². The third kappa shape index (κ3) is 41.6. The maximum absolute atomic E-state index is 12.7. The standard InChI is InChI=1S/C48H92O6/c1-5-7-9-11-13-14-15-16-17-18-19-20-25-29-33-37-41-48(51)54-45(42-52-46(49)39-35-31-26-12-10-8-6-2)43-53-47(50)40-36-32-28-24-22-21-23-27-30-34-38-44(3)4/h44-45H,5-43H2,1-4H3/t45-/m1/s1. The van der Waals surface area contributed by atoms with Gasteiger partial charge in [-0.3, -0.25) is 14.4 Å². The Morgan fingerprint density at radius 3 is 0.907 bits per heavy atom. The van der Waals surface area contributed by atoms with Gasteiger partial charge in [-0.2, -0.15) is 0 Å². The van der Waals surface area contributed by atoms with E-state index in [1.807, 2.05) is 0 Å². The molecule has 0 aliphatic carbocycles. The predicted octanol–water partition coefficient (Wildman–Crippen LogP) is 15.1. The van der Waals surface area contributed by atoms with Crippen molar-refractivity contribution in [3.63, 3.8) is 0 Å². The van der Waals surface area contributed by atoms with E-state index in [-0.39, 0.29) is 31.1 Å². The van der Waals surface area contributed by atoms with E-state index in [4.69, 9.17) is 14.2 Å². The van der Waals surface area contributed by atoms with Gasteiger partial charge in [0.05, 0.1) is 0 Å². The Kier molecular flexibility index (Phi) is 41.3. The van der Waals surface area contributed by atoms with Crippen molar-refractivity contribution in [1.29, 1.82) is 0 Å². The summed E-state index contributed by atoms with van der Waals surface area (Å²) in [6.45, 7) is 8.96. The zero-order valence-corrected chi connectivity index (χ0v) is 36.7. The summed E-state index contributed by atoms with van der Waals surface area (Å²) in [6.07, 6.45) is 42.4. The molecule has 0 spiro atoms. The van der Waals surface area contributed by atoms with Crippen LogP contribution in [0.5, 0.6) is 0 Å². The highest BCUT2D eigenvalue weighted by Crippen LogP contribution is 2.16. The zero-order chi connectivity index (χ0) is 39.6. The van der Waals surface area contributed by atoms with Gasteiger partial charge in [-0.25, -0.2) is 0 Å². The molecule has 0 unspecified atom stereocenters. The van der Waals surface area contributed by atoms with Gasteiger partial charge in [-0.1, -0.05) is 227 Å². The van der Waals surface area contributed by atoms with Gasteiger partial charge < -0.3 is 14.2 Å². The smallest absolute Gasteiger partial charge is 0.306 e. The molecule has 6 nitrogen and oxygen atoms in total. The van der Waals surface area contributed by atoms with Crippen LogP contribution in [0.15, 0.2) is 0 Å². The second-order valence-electron chi connectivity index (χ2n) is 16.9. The Bertz CT molecular complexity index is 811. The van der Waals surface area contributed by atoms with Gasteiger partial charge in [-0.15, -0.1) is 0 Å². The minimum Gasteiger partial charge on any atom is -0.462 e. The van der Waals surface area contributed by atoms with Crippen molar-refractivity contribution in [2.24, 2.45) is 5.92 Å². The SMILES string of the molecule is CCCCCCCCCCCCCCCCCCC(=O)O[C@H](COC(=O)CCCCCCCCC)COC(=O)CCCCCCCCCCCCC(C)C. The Balaban J connectivity index is 4.24. The first-order valence-corrected chi connectivity index (χ1v) is 23.9. The van der Waals surface area contributed by atoms with Crippen LogP contribution in [0.3, 0.4) is 0 Å². The van der Waals surface area contributed by atoms with Gasteiger partial charge in [0.1, 0.15) is 13.2 Å². The Morgan fingerprint density at radius 2 is 0.611 bits per heavy atom. The molecule has 320 valence electrons. The molecule has 0 amide bonds. The van der Waals surface area contributed by atoms with Crippen LogP contribution in [0.4, 0.5) is 0 Å². The van der Waals surface area contributed by atoms with E-state index in [0.717, 1.165) is 63.7 Å². The minimum absolute atomic E-state index is 0.0641. The molecule has 0 bridgehead atoms. The average Bonchev–Trinajstić information content (AvgIpc) is 3.15. The van der Waals surface area contributed by atoms with E-state index >= 15 is 0 Å². The number of hydrogen-bond acceptors (Lipinski definition) is 6. The molecule has 54 heavy (non-hydrogen) atoms. The summed E-state index contributed by atoms with van der Waals surface area (Å²) in [5.74, 6) is -0.0387. The Morgan fingerprint density at radius 1 is 0.352 bits per heavy atom. The second kappa shape index (κ2) is 42.6. The molecule has 0 heterocycles. The van der Waals surface area contributed by atoms with Gasteiger partial charge in [0, 0.05) is 19.3 Å². The van der Waals surface area contributed by atoms with Crippen LogP contribution >= 0.6 is 0 Å². The number of ether oxygens (including phenoxy) is 3. The van der Waals surface area contributed by atoms with Crippen molar-refractivity contribution in [2.45, 2.75) is 271 Å². The molecule has 0 rings (SSSR count). The molecule has 0 saturated carbocycles. The van der Waals surface area contributed by atoms with Crippen molar-refractivity contribution < 1.29 is 28.6 Å². The van der Waals surface area contributed by atoms with Crippen LogP contribution in [0.2, 0.25) is 0 Å². The molecular formula is C48H92O6. The highest BCUT2D eigenvalue weighted by molar-refractivity contribution is 5.71. The largest absolute Gasteiger partial charge is 0.462 e. The van der Waals surface area contributed by atoms with Crippen LogP contribution in [-0.4, -0.2) is 37.2 Å². The molecule has 0 aliphatic heterocycles. The lowest BCUT2D eigenvalue weighted by Crippen LogP contribution is -2.30. The quantitative estimate of drug-likeness (QED) is 0.0349. The molecule has 0 saturated heterocycles. The van der Waals surface area contributed by atoms with Crippen molar-refractivity contribution in [3.05, 3.63) is 0 Å². The summed E-state index contributed by atoms with van der Waals surface area (Å²) in [7, 11) is 0. The fourth-order valence-corrected chi connectivity index (χ4v) is 7.16. The molecule has 0 aromatic heterocycles. The van der Waals surface area contributed by atoms with Crippen molar-refractivity contribution >= 4 is 17.9 Å². The number of unbranched alkanes of at least 4 members (excludes halogenated alkanes) is 30. The first kappa shape index (κ1) is 52.4. The Labute approximate surface area is 336 Å². The maximum atomic E-state index is 12.7. The second-order valence-corrected chi connectivity index (χ2v) is 16.9. The summed E-state index contributed by atoms with van der Waals surface area (Å²) in [4.78, 5) is 37.6. The fourth-order valence-electron chi connectivity index (χ4n) is 7.16. The van der Waals surface area contributed by atoms with Crippen molar-refractivity contribution in [1.82, 2.24) is 0 Å². The van der Waals surface area contributed by atoms with Crippen LogP contribution in [-0.2, 0) is 28.6 Å². The normalized spacial score (nSPS) is 11.9. The van der Waals surface area contributed by atoms with E-state index in [0.29, 0.717) is 19.3 Å². The first-order valence-electron chi connectivity index (χ1n) is 23.9. The average molecular weight is 765 g/mol. The summed E-state index contributed by atoms with van der Waals surface area (Å²) in [5, 5.41) is 0. The predicted molar refractivity (Wildman–Crippen MR) is 229 cm³/mol. The molecule has 0 fully saturated rings. The van der Waals surface area contributed by atoms with Crippen LogP contribution in [0.1, 0.15) is 265 Å². The number of esters is 3. The van der Waals surface area contributed by atoms with Gasteiger partial charge in [0.25, 0.3) is 0 Å². The van der Waals surface area contributed by atoms with E-state index in [2.05, 4.69) is 27.7 Å². The summed E-state index contributed by atoms with van der Waals surface area (Å²) in [6, 6.07) is 0. The van der Waals surface area contributed by atoms with Crippen LogP contribution in [0, 0.1) is 5.92 Å². The minimum atomic E-state index is -0.758. The Hall–Kier alpha value is -1.59. The van der Waals surface area contributed by atoms with Crippen molar-refractivity contribution in [2.75, 3.05) is 13.2 Å². The van der Waals surface area contributed by atoms with Crippen LogP contribution in [0.25, 0.3) is 0 Å². The highest BCUT2D eigenvalue weighted by Gasteiger charge is 2.19. The summed E-state index contributed by atoms with van der Waals surface area (Å²) >= 11 is 0. The summed E-state index contributed by atoms with van der Waals surface area (Å²) in [5.41, 5.74) is 0. The monoisotopic (exact) mass is 765 g/mol. The lowest BCUT2D eigenvalue weighted by Gasteiger charge is -2.18. The van der Waals surface area contributed by atoms with Gasteiger partial charge >= 0.3 is 17.9 Å². The van der Waals surface area contributed by atoms with E-state index < -0.39 is 6.10 Å². The van der Waals surface area contributed by atoms with Crippen LogP contribution < -0.4 is 0 Å². The lowest BCUT2D eigenvalue weighted by atomic mass is 10.0. The number of carbonyl (C=O) groups is 3. The number of carbonyl (C=O) groups excluding carboxylic acids is 3. The maximum Gasteiger partial charge on any atom is 0.306 e. The molecule has 0 aromatic rings. The van der Waals surface area contributed by atoms with Gasteiger partial charge in [-0.05, 0) is 25.2 Å². The molecule has 1 atom stereocenters. The molecule has 0 aliphatic rings. The van der Waals surface area contributed by atoms with E-state index in [1.165, 1.54) is 161 Å². The third-order valence-electron chi connectivity index (χ3n) is 10.8. The molecular weight excluding hydrogens is 673 g/mol. The lowest BCUT2D eigenvalue weighted by molar-refractivity contribution is -0.167. The van der Waals surface area contributed by atoms with Gasteiger partial charge in [0.15, 0.2) is 6.10 Å². The van der Waals surface area contributed by atoms with Crippen molar-refractivity contribution in [3.8, 4) is 0 Å². The molecule has 6 heteroatoms. The summed E-state index contributed by atoms with van der Waals surface area (Å²) < 4.78 is 16.7. The number of rotatable bonds is 43. The molecule has 0 aromatic carbocycles. The fraction of sp³-hybridized carbons (Fsp3) is 0.938. The third-order valence-corrected chi connectivity index (χ3v) is 10.8.